The molecule has 1 aromatic carbocycles. The predicted molar refractivity (Wildman–Crippen MR) is 77.5 cm³/mol. The Morgan fingerprint density at radius 2 is 2.16 bits per heavy atom. The van der Waals surface area contributed by atoms with Crippen molar-refractivity contribution in [3.63, 3.8) is 0 Å². The summed E-state index contributed by atoms with van der Waals surface area (Å²) >= 11 is 9.23. The summed E-state index contributed by atoms with van der Waals surface area (Å²) in [5, 5.41) is 9.91. The van der Waals surface area contributed by atoms with Crippen LogP contribution in [0.5, 0.6) is 0 Å². The molecule has 0 radical (unpaired) electrons. The van der Waals surface area contributed by atoms with Crippen molar-refractivity contribution in [2.24, 2.45) is 0 Å². The molecule has 3 nitrogen and oxygen atoms in total. The van der Waals surface area contributed by atoms with Crippen molar-refractivity contribution in [1.29, 1.82) is 0 Å². The Bertz CT molecular complexity index is 604. The third-order valence-corrected chi connectivity index (χ3v) is 3.42. The van der Waals surface area contributed by atoms with Gasteiger partial charge in [-0.15, -0.1) is 0 Å². The Labute approximate surface area is 124 Å². The van der Waals surface area contributed by atoms with Gasteiger partial charge in [-0.05, 0) is 51.7 Å². The minimum absolute atomic E-state index is 0.377. The number of aliphatic carboxylic acids is 1. The van der Waals surface area contributed by atoms with Gasteiger partial charge in [-0.2, -0.15) is 0 Å². The van der Waals surface area contributed by atoms with Crippen LogP contribution in [0, 0.1) is 0 Å². The Kier molecular flexibility index (Phi) is 4.56. The minimum Gasteiger partial charge on any atom is -0.481 e. The van der Waals surface area contributed by atoms with E-state index in [2.05, 4.69) is 20.9 Å². The molecule has 0 aliphatic rings. The van der Waals surface area contributed by atoms with Gasteiger partial charge in [0, 0.05) is 21.9 Å². The number of pyridine rings is 1. The maximum absolute atomic E-state index is 11.4. The number of carbonyl (C=O) groups is 1. The molecule has 19 heavy (non-hydrogen) atoms. The zero-order chi connectivity index (χ0) is 13.8. The highest BCUT2D eigenvalue weighted by Gasteiger charge is 2.20. The number of hydrogen-bond acceptors (Lipinski definition) is 2. The quantitative estimate of drug-likeness (QED) is 0.918. The smallest absolute Gasteiger partial charge is 0.311 e. The van der Waals surface area contributed by atoms with Crippen LogP contribution >= 0.6 is 27.5 Å². The van der Waals surface area contributed by atoms with Crippen molar-refractivity contribution in [1.82, 2.24) is 4.98 Å². The van der Waals surface area contributed by atoms with Crippen LogP contribution in [0.3, 0.4) is 0 Å². The molecule has 0 amide bonds. The average Bonchev–Trinajstić information content (AvgIpc) is 2.35. The first-order valence-electron chi connectivity index (χ1n) is 5.64. The van der Waals surface area contributed by atoms with Gasteiger partial charge < -0.3 is 5.11 Å². The second-order valence-electron chi connectivity index (χ2n) is 4.16. The highest BCUT2D eigenvalue weighted by molar-refractivity contribution is 9.10. The highest BCUT2D eigenvalue weighted by Crippen LogP contribution is 2.24. The summed E-state index contributed by atoms with van der Waals surface area (Å²) in [4.78, 5) is 15.5. The highest BCUT2D eigenvalue weighted by atomic mass is 79.9. The molecule has 0 spiro atoms. The zero-order valence-electron chi connectivity index (χ0n) is 9.88. The normalized spacial score (nSPS) is 12.1. The summed E-state index contributed by atoms with van der Waals surface area (Å²) in [6.45, 7) is 0. The van der Waals surface area contributed by atoms with E-state index in [9.17, 15) is 9.90 Å². The first kappa shape index (κ1) is 14.0. The van der Waals surface area contributed by atoms with E-state index in [1.807, 2.05) is 6.07 Å². The maximum Gasteiger partial charge on any atom is 0.311 e. The molecule has 2 aromatic rings. The zero-order valence-corrected chi connectivity index (χ0v) is 12.2. The Balaban J connectivity index is 2.29. The molecule has 1 aromatic heterocycles. The van der Waals surface area contributed by atoms with Gasteiger partial charge in [0.15, 0.2) is 0 Å². The minimum atomic E-state index is -0.873. The third kappa shape index (κ3) is 3.78. The molecule has 1 unspecified atom stereocenters. The van der Waals surface area contributed by atoms with Crippen LogP contribution in [0.4, 0.5) is 0 Å². The lowest BCUT2D eigenvalue weighted by atomic mass is 9.93. The van der Waals surface area contributed by atoms with Crippen LogP contribution in [0.15, 0.2) is 47.2 Å². The van der Waals surface area contributed by atoms with Crippen LogP contribution in [0.2, 0.25) is 5.02 Å². The number of hydrogen-bond donors (Lipinski definition) is 1. The van der Waals surface area contributed by atoms with Gasteiger partial charge in [0.1, 0.15) is 0 Å². The SMILES string of the molecule is O=C(O)C(Cc1cncc(Br)c1)c1cccc(Cl)c1. The molecule has 0 aliphatic carbocycles. The Morgan fingerprint density at radius 1 is 1.37 bits per heavy atom. The van der Waals surface area contributed by atoms with Gasteiger partial charge in [0.2, 0.25) is 0 Å². The second-order valence-corrected chi connectivity index (χ2v) is 5.51. The van der Waals surface area contributed by atoms with Crippen molar-refractivity contribution in [3.05, 3.63) is 63.3 Å². The number of halogens is 2. The number of carboxylic acids is 1. The molecule has 0 fully saturated rings. The number of rotatable bonds is 4. The molecule has 1 N–H and O–H groups in total. The molecule has 0 bridgehead atoms. The van der Waals surface area contributed by atoms with Crippen molar-refractivity contribution < 1.29 is 9.90 Å². The molecule has 1 heterocycles. The van der Waals surface area contributed by atoms with Crippen molar-refractivity contribution in [3.8, 4) is 0 Å². The van der Waals surface area contributed by atoms with Crippen molar-refractivity contribution >= 4 is 33.5 Å². The van der Waals surface area contributed by atoms with Crippen LogP contribution in [-0.4, -0.2) is 16.1 Å². The van der Waals surface area contributed by atoms with Gasteiger partial charge in [-0.1, -0.05) is 23.7 Å². The maximum atomic E-state index is 11.4. The standard InChI is InChI=1S/C14H11BrClNO2/c15-11-4-9(7-17-8-11)5-13(14(18)19)10-2-1-3-12(16)6-10/h1-4,6-8,13H,5H2,(H,18,19). The summed E-state index contributed by atoms with van der Waals surface area (Å²) < 4.78 is 0.834. The monoisotopic (exact) mass is 339 g/mol. The van der Waals surface area contributed by atoms with E-state index < -0.39 is 11.9 Å². The molecule has 98 valence electrons. The molecule has 2 rings (SSSR count). The second kappa shape index (κ2) is 6.17. The number of nitrogens with zero attached hydrogens (tertiary/aromatic N) is 1. The van der Waals surface area contributed by atoms with Gasteiger partial charge in [0.25, 0.3) is 0 Å². The fourth-order valence-corrected chi connectivity index (χ4v) is 2.49. The fourth-order valence-electron chi connectivity index (χ4n) is 1.87. The van der Waals surface area contributed by atoms with Gasteiger partial charge >= 0.3 is 5.97 Å². The van der Waals surface area contributed by atoms with E-state index >= 15 is 0 Å². The number of aromatic nitrogens is 1. The van der Waals surface area contributed by atoms with E-state index in [-0.39, 0.29) is 0 Å². The summed E-state index contributed by atoms with van der Waals surface area (Å²) in [5.41, 5.74) is 1.56. The van der Waals surface area contributed by atoms with Crippen LogP contribution in [0.1, 0.15) is 17.0 Å². The third-order valence-electron chi connectivity index (χ3n) is 2.75. The molecular weight excluding hydrogens is 330 g/mol. The lowest BCUT2D eigenvalue weighted by Crippen LogP contribution is -2.14. The lowest BCUT2D eigenvalue weighted by Gasteiger charge is -2.13. The van der Waals surface area contributed by atoms with Gasteiger partial charge in [-0.25, -0.2) is 0 Å². The summed E-state index contributed by atoms with van der Waals surface area (Å²) in [6, 6.07) is 8.81. The summed E-state index contributed by atoms with van der Waals surface area (Å²) in [6.07, 6.45) is 3.71. The van der Waals surface area contributed by atoms with Crippen molar-refractivity contribution in [2.75, 3.05) is 0 Å². The summed E-state index contributed by atoms with van der Waals surface area (Å²) in [5.74, 6) is -1.50. The van der Waals surface area contributed by atoms with E-state index in [1.54, 1.807) is 36.7 Å². The Hall–Kier alpha value is -1.39. The predicted octanol–water partition coefficient (Wildman–Crippen LogP) is 3.91. The Morgan fingerprint density at radius 3 is 2.79 bits per heavy atom. The van der Waals surface area contributed by atoms with Crippen LogP contribution in [-0.2, 0) is 11.2 Å². The summed E-state index contributed by atoms with van der Waals surface area (Å²) in [7, 11) is 0. The van der Waals surface area contributed by atoms with E-state index in [0.717, 1.165) is 10.0 Å². The van der Waals surface area contributed by atoms with Crippen molar-refractivity contribution in [2.45, 2.75) is 12.3 Å². The van der Waals surface area contributed by atoms with Gasteiger partial charge in [0.05, 0.1) is 5.92 Å². The molecule has 0 aliphatic heterocycles. The molecule has 0 saturated heterocycles. The van der Waals surface area contributed by atoms with E-state index in [0.29, 0.717) is 17.0 Å². The molecular formula is C14H11BrClNO2. The first-order valence-corrected chi connectivity index (χ1v) is 6.81. The van der Waals surface area contributed by atoms with E-state index in [4.69, 9.17) is 11.6 Å². The van der Waals surface area contributed by atoms with Crippen LogP contribution < -0.4 is 0 Å². The lowest BCUT2D eigenvalue weighted by molar-refractivity contribution is -0.138. The number of benzene rings is 1. The average molecular weight is 341 g/mol. The largest absolute Gasteiger partial charge is 0.481 e. The van der Waals surface area contributed by atoms with Gasteiger partial charge in [-0.3, -0.25) is 9.78 Å². The topological polar surface area (TPSA) is 50.2 Å². The van der Waals surface area contributed by atoms with E-state index in [1.165, 1.54) is 0 Å². The number of carboxylic acid groups (broad SMARTS) is 1. The first-order chi connectivity index (χ1) is 9.06. The van der Waals surface area contributed by atoms with Crippen LogP contribution in [0.25, 0.3) is 0 Å². The molecule has 5 heteroatoms. The fraction of sp³-hybridized carbons (Fsp3) is 0.143. The molecule has 0 saturated carbocycles. The molecule has 1 atom stereocenters.